The fourth-order valence-electron chi connectivity index (χ4n) is 7.73. The maximum absolute atomic E-state index is 13.5. The van der Waals surface area contributed by atoms with Crippen molar-refractivity contribution < 1.29 is 14.4 Å². The molecule has 0 aliphatic carbocycles. The van der Waals surface area contributed by atoms with E-state index in [2.05, 4.69) is 108 Å². The first kappa shape index (κ1) is 47.1. The van der Waals surface area contributed by atoms with Gasteiger partial charge in [-0.2, -0.15) is 0 Å². The molecule has 6 aromatic carbocycles. The summed E-state index contributed by atoms with van der Waals surface area (Å²) in [5.41, 5.74) is 6.88. The van der Waals surface area contributed by atoms with E-state index in [0.717, 1.165) is 33.4 Å². The van der Waals surface area contributed by atoms with Gasteiger partial charge in [-0.1, -0.05) is 182 Å². The van der Waals surface area contributed by atoms with E-state index in [0.29, 0.717) is 78.5 Å². The van der Waals surface area contributed by atoms with Gasteiger partial charge in [0.1, 0.15) is 0 Å². The minimum Gasteiger partial charge on any atom is -0.354 e. The lowest BCUT2D eigenvalue weighted by molar-refractivity contribution is -0.123. The van der Waals surface area contributed by atoms with Crippen molar-refractivity contribution >= 4 is 17.7 Å². The van der Waals surface area contributed by atoms with Gasteiger partial charge >= 0.3 is 0 Å². The van der Waals surface area contributed by atoms with Crippen molar-refractivity contribution in [1.82, 2.24) is 35.6 Å². The zero-order chi connectivity index (χ0) is 44.4. The second kappa shape index (κ2) is 26.9. The lowest BCUT2D eigenvalue weighted by atomic mass is 10.1. The average molecular weight is 858 g/mol. The van der Waals surface area contributed by atoms with E-state index < -0.39 is 0 Å². The molecule has 0 aliphatic rings. The second-order valence-corrected chi connectivity index (χ2v) is 16.2. The normalized spacial score (nSPS) is 11.2. The van der Waals surface area contributed by atoms with E-state index >= 15 is 0 Å². The highest BCUT2D eigenvalue weighted by molar-refractivity contribution is 5.79. The number of carbonyl (C=O) groups is 3. The molecule has 0 unspecified atom stereocenters. The molecule has 0 aromatic heterocycles. The summed E-state index contributed by atoms with van der Waals surface area (Å²) in [5.74, 6) is -0.160. The SMILES string of the molecule is O=C(CN(Cc1ccccc1)Cc1ccccc1)NCCN(CCNC(=O)CN(Cc1ccccc1)Cc1ccccc1)CCNC(=O)CN(Cc1ccccc1)Cc1ccccc1. The van der Waals surface area contributed by atoms with Gasteiger partial charge in [-0.15, -0.1) is 0 Å². The van der Waals surface area contributed by atoms with Crippen LogP contribution in [0, 0.1) is 0 Å². The van der Waals surface area contributed by atoms with Gasteiger partial charge in [0.15, 0.2) is 0 Å². The van der Waals surface area contributed by atoms with Crippen LogP contribution in [-0.4, -0.2) is 96.2 Å². The molecule has 0 aliphatic heterocycles. The van der Waals surface area contributed by atoms with Crippen LogP contribution >= 0.6 is 0 Å². The molecule has 0 radical (unpaired) electrons. The molecule has 0 saturated heterocycles. The van der Waals surface area contributed by atoms with Crippen LogP contribution in [0.4, 0.5) is 0 Å². The number of nitrogens with zero attached hydrogens (tertiary/aromatic N) is 4. The minimum absolute atomic E-state index is 0.0535. The van der Waals surface area contributed by atoms with Crippen LogP contribution in [-0.2, 0) is 53.7 Å². The molecule has 0 bridgehead atoms. The standard InChI is InChI=1S/C54H63N7O3/c62-52(43-59(37-46-19-7-1-8-20-46)38-47-21-9-2-10-22-47)55-31-34-58(35-32-56-53(63)44-60(39-48-23-11-3-12-24-48)40-49-25-13-4-14-26-49)36-33-57-54(64)45-61(41-50-27-15-5-16-28-50)42-51-29-17-6-18-30-51/h1-30H,31-45H2,(H,55,62)(H,56,63)(H,57,64). The highest BCUT2D eigenvalue weighted by atomic mass is 16.2. The van der Waals surface area contributed by atoms with E-state index in [1.165, 1.54) is 0 Å². The summed E-state index contributed by atoms with van der Waals surface area (Å²) in [6, 6.07) is 61.2. The predicted octanol–water partition coefficient (Wildman–Crippen LogP) is 6.74. The summed E-state index contributed by atoms with van der Waals surface area (Å²) >= 11 is 0. The number of hydrogen-bond acceptors (Lipinski definition) is 7. The molecule has 3 amide bonds. The second-order valence-electron chi connectivity index (χ2n) is 16.2. The number of nitrogens with one attached hydrogen (secondary N) is 3. The average Bonchev–Trinajstić information content (AvgIpc) is 3.31. The van der Waals surface area contributed by atoms with Crippen molar-refractivity contribution in [3.05, 3.63) is 215 Å². The molecule has 10 nitrogen and oxygen atoms in total. The summed E-state index contributed by atoms with van der Waals surface area (Å²) in [4.78, 5) is 49.0. The van der Waals surface area contributed by atoms with Crippen LogP contribution < -0.4 is 16.0 Å². The van der Waals surface area contributed by atoms with Crippen molar-refractivity contribution in [1.29, 1.82) is 0 Å². The smallest absolute Gasteiger partial charge is 0.234 e. The summed E-state index contributed by atoms with van der Waals surface area (Å²) in [5, 5.41) is 9.44. The molecule has 332 valence electrons. The molecule has 6 rings (SSSR count). The highest BCUT2D eigenvalue weighted by Gasteiger charge is 2.17. The van der Waals surface area contributed by atoms with E-state index in [9.17, 15) is 14.4 Å². The quantitative estimate of drug-likeness (QED) is 0.0528. The van der Waals surface area contributed by atoms with Crippen LogP contribution in [0.3, 0.4) is 0 Å². The van der Waals surface area contributed by atoms with Crippen LogP contribution in [0.25, 0.3) is 0 Å². The third-order valence-electron chi connectivity index (χ3n) is 10.8. The van der Waals surface area contributed by atoms with Gasteiger partial charge in [-0.25, -0.2) is 0 Å². The van der Waals surface area contributed by atoms with Crippen LogP contribution in [0.2, 0.25) is 0 Å². The van der Waals surface area contributed by atoms with Crippen LogP contribution in [0.1, 0.15) is 33.4 Å². The lowest BCUT2D eigenvalue weighted by Crippen LogP contribution is -2.46. The van der Waals surface area contributed by atoms with Gasteiger partial charge in [-0.05, 0) is 33.4 Å². The first-order valence-electron chi connectivity index (χ1n) is 22.4. The Balaban J connectivity index is 1.04. The molecule has 3 N–H and O–H groups in total. The van der Waals surface area contributed by atoms with Crippen LogP contribution in [0.15, 0.2) is 182 Å². The van der Waals surface area contributed by atoms with Crippen molar-refractivity contribution in [2.24, 2.45) is 0 Å². The third kappa shape index (κ3) is 18.1. The third-order valence-corrected chi connectivity index (χ3v) is 10.8. The van der Waals surface area contributed by atoms with Crippen molar-refractivity contribution in [2.75, 3.05) is 58.9 Å². The van der Waals surface area contributed by atoms with Gasteiger partial charge in [0, 0.05) is 78.5 Å². The largest absolute Gasteiger partial charge is 0.354 e. The monoisotopic (exact) mass is 857 g/mol. The van der Waals surface area contributed by atoms with E-state index in [1.54, 1.807) is 0 Å². The molecule has 64 heavy (non-hydrogen) atoms. The summed E-state index contributed by atoms with van der Waals surface area (Å²) in [6.45, 7) is 7.59. The highest BCUT2D eigenvalue weighted by Crippen LogP contribution is 2.13. The Hall–Kier alpha value is -6.43. The molecule has 0 spiro atoms. The number of hydrogen-bond donors (Lipinski definition) is 3. The van der Waals surface area contributed by atoms with E-state index in [4.69, 9.17) is 0 Å². The molecule has 6 aromatic rings. The van der Waals surface area contributed by atoms with Crippen molar-refractivity contribution in [2.45, 2.75) is 39.3 Å². The van der Waals surface area contributed by atoms with E-state index in [1.807, 2.05) is 109 Å². The zero-order valence-electron chi connectivity index (χ0n) is 36.9. The maximum atomic E-state index is 13.5. The van der Waals surface area contributed by atoms with Crippen molar-refractivity contribution in [3.63, 3.8) is 0 Å². The lowest BCUT2D eigenvalue weighted by Gasteiger charge is -2.26. The van der Waals surface area contributed by atoms with Gasteiger partial charge in [0.2, 0.25) is 17.7 Å². The maximum Gasteiger partial charge on any atom is 0.234 e. The molecule has 0 heterocycles. The Labute approximate surface area is 379 Å². The first-order valence-corrected chi connectivity index (χ1v) is 22.4. The Kier molecular flexibility index (Phi) is 19.8. The molecule has 0 saturated carbocycles. The van der Waals surface area contributed by atoms with Gasteiger partial charge < -0.3 is 16.0 Å². The summed E-state index contributed by atoms with van der Waals surface area (Å²) in [7, 11) is 0. The fraction of sp³-hybridized carbons (Fsp3) is 0.278. The fourth-order valence-corrected chi connectivity index (χ4v) is 7.73. The topological polar surface area (TPSA) is 100 Å². The molecule has 0 atom stereocenters. The Bertz CT molecular complexity index is 1840. The minimum atomic E-state index is -0.0535. The summed E-state index contributed by atoms with van der Waals surface area (Å²) in [6.07, 6.45) is 0. The molecular weight excluding hydrogens is 795 g/mol. The first-order chi connectivity index (χ1) is 31.4. The number of rotatable bonds is 27. The van der Waals surface area contributed by atoms with Gasteiger partial charge in [0.25, 0.3) is 0 Å². The van der Waals surface area contributed by atoms with Crippen molar-refractivity contribution in [3.8, 4) is 0 Å². The van der Waals surface area contributed by atoms with Gasteiger partial charge in [0.05, 0.1) is 19.6 Å². The zero-order valence-corrected chi connectivity index (χ0v) is 36.9. The number of carbonyl (C=O) groups excluding carboxylic acids is 3. The predicted molar refractivity (Wildman–Crippen MR) is 256 cm³/mol. The van der Waals surface area contributed by atoms with E-state index in [-0.39, 0.29) is 37.4 Å². The Morgan fingerprint density at radius 2 is 0.469 bits per heavy atom. The molecule has 10 heteroatoms. The number of benzene rings is 6. The summed E-state index contributed by atoms with van der Waals surface area (Å²) < 4.78 is 0. The number of amides is 3. The molecule has 0 fully saturated rings. The van der Waals surface area contributed by atoms with Crippen LogP contribution in [0.5, 0.6) is 0 Å². The Morgan fingerprint density at radius 1 is 0.281 bits per heavy atom. The molecular formula is C54H63N7O3. The Morgan fingerprint density at radius 3 is 0.656 bits per heavy atom. The van der Waals surface area contributed by atoms with Gasteiger partial charge in [-0.3, -0.25) is 34.0 Å².